The van der Waals surface area contributed by atoms with Gasteiger partial charge in [0.1, 0.15) is 0 Å². The number of amides is 1. The predicted molar refractivity (Wildman–Crippen MR) is 99.8 cm³/mol. The van der Waals surface area contributed by atoms with Crippen molar-refractivity contribution in [1.29, 1.82) is 0 Å². The van der Waals surface area contributed by atoms with E-state index < -0.39 is 0 Å². The van der Waals surface area contributed by atoms with E-state index in [0.29, 0.717) is 11.1 Å². The van der Waals surface area contributed by atoms with Gasteiger partial charge in [0.2, 0.25) is 0 Å². The molecule has 1 fully saturated rings. The topological polar surface area (TPSA) is 41.6 Å². The summed E-state index contributed by atoms with van der Waals surface area (Å²) in [7, 11) is 0. The van der Waals surface area contributed by atoms with Crippen molar-refractivity contribution >= 4 is 11.6 Å². The van der Waals surface area contributed by atoms with Crippen molar-refractivity contribution in [3.8, 4) is 0 Å². The molecular weight excluding hydrogens is 312 g/mol. The molecule has 0 spiro atoms. The Labute approximate surface area is 149 Å². The number of carbonyl (C=O) groups is 1. The Morgan fingerprint density at radius 1 is 1.16 bits per heavy atom. The summed E-state index contributed by atoms with van der Waals surface area (Å²) in [5.74, 6) is -0.144. The van der Waals surface area contributed by atoms with Crippen LogP contribution in [0.4, 0.5) is 5.69 Å². The molecule has 1 heterocycles. The van der Waals surface area contributed by atoms with E-state index in [1.807, 2.05) is 32.0 Å². The highest BCUT2D eigenvalue weighted by molar-refractivity contribution is 6.04. The number of rotatable bonds is 4. The molecule has 25 heavy (non-hydrogen) atoms. The zero-order valence-electron chi connectivity index (χ0n) is 14.8. The monoisotopic (exact) mass is 336 g/mol. The SMILES string of the molecule is [CH]c1cc(C(=O)Nc2cc(C)cc(CN3CCOCC3)c2)ccc1C. The van der Waals surface area contributed by atoms with Gasteiger partial charge in [-0.1, -0.05) is 12.1 Å². The zero-order valence-corrected chi connectivity index (χ0v) is 14.8. The predicted octanol–water partition coefficient (Wildman–Crippen LogP) is 3.45. The number of carbonyl (C=O) groups excluding carboxylic acids is 1. The van der Waals surface area contributed by atoms with E-state index in [2.05, 4.69) is 16.3 Å². The maximum atomic E-state index is 12.5. The smallest absolute Gasteiger partial charge is 0.255 e. The van der Waals surface area contributed by atoms with Crippen molar-refractivity contribution in [3.05, 3.63) is 71.1 Å². The molecule has 2 radical (unpaired) electrons. The molecule has 0 aliphatic carbocycles. The summed E-state index contributed by atoms with van der Waals surface area (Å²) in [6.45, 7) is 14.2. The van der Waals surface area contributed by atoms with Crippen LogP contribution in [0, 0.1) is 20.8 Å². The van der Waals surface area contributed by atoms with Crippen molar-refractivity contribution in [2.24, 2.45) is 0 Å². The molecule has 0 bridgehead atoms. The van der Waals surface area contributed by atoms with E-state index in [0.717, 1.165) is 49.7 Å². The van der Waals surface area contributed by atoms with Gasteiger partial charge >= 0.3 is 0 Å². The summed E-state index contributed by atoms with van der Waals surface area (Å²) in [6, 6.07) is 11.6. The fraction of sp³-hybridized carbons (Fsp3) is 0.333. The second kappa shape index (κ2) is 7.81. The molecule has 1 aliphatic rings. The number of morpholine rings is 1. The quantitative estimate of drug-likeness (QED) is 0.930. The van der Waals surface area contributed by atoms with E-state index in [1.165, 1.54) is 5.56 Å². The van der Waals surface area contributed by atoms with Gasteiger partial charge in [0, 0.05) is 30.9 Å². The van der Waals surface area contributed by atoms with Crippen LogP contribution < -0.4 is 5.32 Å². The van der Waals surface area contributed by atoms with Crippen LogP contribution in [0.1, 0.15) is 32.6 Å². The van der Waals surface area contributed by atoms with E-state index in [1.54, 1.807) is 12.1 Å². The Bertz CT molecular complexity index is 764. The van der Waals surface area contributed by atoms with Gasteiger partial charge in [0.05, 0.1) is 13.2 Å². The lowest BCUT2D eigenvalue weighted by atomic mass is 10.1. The lowest BCUT2D eigenvalue weighted by Gasteiger charge is -2.26. The number of nitrogens with one attached hydrogen (secondary N) is 1. The molecule has 130 valence electrons. The van der Waals surface area contributed by atoms with Crippen molar-refractivity contribution in [2.45, 2.75) is 20.4 Å². The molecule has 2 aromatic rings. The molecule has 3 rings (SSSR count). The first-order chi connectivity index (χ1) is 12.0. The molecular formula is C21H24N2O2. The third-order valence-corrected chi connectivity index (χ3v) is 4.45. The van der Waals surface area contributed by atoms with Gasteiger partial charge in [-0.2, -0.15) is 0 Å². The van der Waals surface area contributed by atoms with E-state index in [-0.39, 0.29) is 5.91 Å². The standard InChI is InChI=1S/C21H24N2O2/c1-15-10-18(14-23-6-8-25-9-7-23)13-20(11-15)22-21(24)19-5-4-16(2)17(3)12-19/h3-5,10-13H,6-9,14H2,1-2H3,(H,22,24). The summed E-state index contributed by atoms with van der Waals surface area (Å²) >= 11 is 0. The number of hydrogen-bond donors (Lipinski definition) is 1. The second-order valence-corrected chi connectivity index (χ2v) is 6.62. The minimum Gasteiger partial charge on any atom is -0.379 e. The number of anilines is 1. The van der Waals surface area contributed by atoms with E-state index >= 15 is 0 Å². The second-order valence-electron chi connectivity index (χ2n) is 6.62. The van der Waals surface area contributed by atoms with Crippen LogP contribution in [0.5, 0.6) is 0 Å². The van der Waals surface area contributed by atoms with Crippen LogP contribution in [-0.4, -0.2) is 37.1 Å². The Morgan fingerprint density at radius 3 is 2.64 bits per heavy atom. The normalized spacial score (nSPS) is 15.2. The fourth-order valence-electron chi connectivity index (χ4n) is 3.03. The van der Waals surface area contributed by atoms with Gasteiger partial charge in [0.25, 0.3) is 5.91 Å². The molecule has 0 atom stereocenters. The lowest BCUT2D eigenvalue weighted by molar-refractivity contribution is 0.0342. The molecule has 1 N–H and O–H groups in total. The van der Waals surface area contributed by atoms with Crippen LogP contribution in [0.3, 0.4) is 0 Å². The maximum Gasteiger partial charge on any atom is 0.255 e. The molecule has 4 nitrogen and oxygen atoms in total. The maximum absolute atomic E-state index is 12.5. The third kappa shape index (κ3) is 4.68. The van der Waals surface area contributed by atoms with Gasteiger partial charge in [-0.15, -0.1) is 0 Å². The number of benzene rings is 2. The molecule has 0 saturated carbocycles. The van der Waals surface area contributed by atoms with Gasteiger partial charge in [-0.25, -0.2) is 0 Å². The highest BCUT2D eigenvalue weighted by atomic mass is 16.5. The van der Waals surface area contributed by atoms with Gasteiger partial charge in [-0.3, -0.25) is 9.69 Å². The number of ether oxygens (including phenoxy) is 1. The van der Waals surface area contributed by atoms with Crippen LogP contribution in [0.15, 0.2) is 36.4 Å². The van der Waals surface area contributed by atoms with Crippen LogP contribution >= 0.6 is 0 Å². The summed E-state index contributed by atoms with van der Waals surface area (Å²) < 4.78 is 5.40. The van der Waals surface area contributed by atoms with Gasteiger partial charge < -0.3 is 10.1 Å². The first-order valence-electron chi connectivity index (χ1n) is 8.59. The van der Waals surface area contributed by atoms with E-state index in [4.69, 9.17) is 11.7 Å². The number of nitrogens with zero attached hydrogens (tertiary/aromatic N) is 1. The Hall–Kier alpha value is -2.17. The van der Waals surface area contributed by atoms with Crippen molar-refractivity contribution in [3.63, 3.8) is 0 Å². The minimum absolute atomic E-state index is 0.144. The van der Waals surface area contributed by atoms with Crippen molar-refractivity contribution < 1.29 is 9.53 Å². The molecule has 2 aromatic carbocycles. The third-order valence-electron chi connectivity index (χ3n) is 4.45. The molecule has 4 heteroatoms. The average molecular weight is 336 g/mol. The highest BCUT2D eigenvalue weighted by Crippen LogP contribution is 2.18. The first-order valence-corrected chi connectivity index (χ1v) is 8.59. The lowest BCUT2D eigenvalue weighted by Crippen LogP contribution is -2.35. The molecule has 1 amide bonds. The Balaban J connectivity index is 1.73. The summed E-state index contributed by atoms with van der Waals surface area (Å²) in [5.41, 5.74) is 5.31. The van der Waals surface area contributed by atoms with Crippen LogP contribution in [0.2, 0.25) is 0 Å². The molecule has 1 aliphatic heterocycles. The fourth-order valence-corrected chi connectivity index (χ4v) is 3.03. The largest absolute Gasteiger partial charge is 0.379 e. The number of hydrogen-bond acceptors (Lipinski definition) is 3. The van der Waals surface area contributed by atoms with Crippen molar-refractivity contribution in [1.82, 2.24) is 4.90 Å². The minimum atomic E-state index is -0.144. The summed E-state index contributed by atoms with van der Waals surface area (Å²) in [4.78, 5) is 14.9. The summed E-state index contributed by atoms with van der Waals surface area (Å²) in [5, 5.41) is 2.99. The highest BCUT2D eigenvalue weighted by Gasteiger charge is 2.12. The Morgan fingerprint density at radius 2 is 1.92 bits per heavy atom. The van der Waals surface area contributed by atoms with Gasteiger partial charge in [0.15, 0.2) is 0 Å². The molecule has 0 unspecified atom stereocenters. The molecule has 0 aromatic heterocycles. The van der Waals surface area contributed by atoms with Crippen molar-refractivity contribution in [2.75, 3.05) is 31.6 Å². The molecule has 1 saturated heterocycles. The Kier molecular flexibility index (Phi) is 5.51. The van der Waals surface area contributed by atoms with E-state index in [9.17, 15) is 4.79 Å². The van der Waals surface area contributed by atoms with Gasteiger partial charge in [-0.05, 0) is 67.3 Å². The first kappa shape index (κ1) is 17.6. The zero-order chi connectivity index (χ0) is 17.8. The van der Waals surface area contributed by atoms with Crippen LogP contribution in [0.25, 0.3) is 0 Å². The average Bonchev–Trinajstić information content (AvgIpc) is 2.57. The van der Waals surface area contributed by atoms with Crippen LogP contribution in [-0.2, 0) is 11.3 Å². The summed E-state index contributed by atoms with van der Waals surface area (Å²) in [6.07, 6.45) is 0. The number of aryl methyl sites for hydroxylation is 2.